The second-order valence-corrected chi connectivity index (χ2v) is 8.18. The monoisotopic (exact) mass is 393 g/mol. The molecule has 0 aromatic heterocycles. The zero-order valence-corrected chi connectivity index (χ0v) is 16.8. The molecule has 0 fully saturated rings. The average molecular weight is 394 g/mol. The molecule has 3 rings (SSSR count). The number of hydrogen-bond acceptors (Lipinski definition) is 3. The van der Waals surface area contributed by atoms with Gasteiger partial charge in [-0.3, -0.25) is 9.00 Å². The van der Waals surface area contributed by atoms with Gasteiger partial charge >= 0.3 is 5.97 Å². The molecule has 3 aromatic carbocycles. The van der Waals surface area contributed by atoms with E-state index in [2.05, 4.69) is 55.6 Å². The Hall–Kier alpha value is -2.92. The lowest BCUT2D eigenvalue weighted by molar-refractivity contribution is -0.133. The molecule has 0 saturated carbocycles. The first-order chi connectivity index (χ1) is 13.4. The van der Waals surface area contributed by atoms with Crippen LogP contribution >= 0.6 is 0 Å². The van der Waals surface area contributed by atoms with Crippen molar-refractivity contribution in [2.45, 2.75) is 25.3 Å². The molecule has 0 heterocycles. The number of nitrogens with one attached hydrogen (secondary N) is 1. The fourth-order valence-corrected chi connectivity index (χ4v) is 3.90. The fourth-order valence-electron chi connectivity index (χ4n) is 3.07. The maximum atomic E-state index is 11.9. The van der Waals surface area contributed by atoms with Gasteiger partial charge in [-0.1, -0.05) is 36.4 Å². The normalized spacial score (nSPS) is 11.8. The Bertz CT molecular complexity index is 1010. The summed E-state index contributed by atoms with van der Waals surface area (Å²) in [6, 6.07) is 21.9. The zero-order valence-electron chi connectivity index (χ0n) is 15.9. The molecule has 0 aliphatic rings. The van der Waals surface area contributed by atoms with Gasteiger partial charge in [-0.2, -0.15) is 0 Å². The molecule has 0 aliphatic heterocycles. The van der Waals surface area contributed by atoms with Crippen LogP contribution in [0.1, 0.15) is 16.7 Å². The lowest BCUT2D eigenvalue weighted by atomic mass is 9.95. The van der Waals surface area contributed by atoms with Crippen LogP contribution < -0.4 is 5.32 Å². The van der Waals surface area contributed by atoms with E-state index in [1.807, 2.05) is 18.2 Å². The van der Waals surface area contributed by atoms with Crippen molar-refractivity contribution in [1.82, 2.24) is 0 Å². The van der Waals surface area contributed by atoms with Crippen LogP contribution in [0.25, 0.3) is 11.1 Å². The molecule has 144 valence electrons. The Labute approximate surface area is 167 Å². The van der Waals surface area contributed by atoms with Crippen molar-refractivity contribution in [3.05, 3.63) is 83.4 Å². The molecule has 5 heteroatoms. The third-order valence-electron chi connectivity index (χ3n) is 4.61. The summed E-state index contributed by atoms with van der Waals surface area (Å²) in [5, 5.41) is 12.1. The molecule has 1 unspecified atom stereocenters. The Morgan fingerprint density at radius 2 is 1.61 bits per heavy atom. The van der Waals surface area contributed by atoms with Gasteiger partial charge in [-0.05, 0) is 72.0 Å². The molecule has 0 spiro atoms. The molecule has 3 aromatic rings. The minimum atomic E-state index is -1.52. The first-order valence-corrected chi connectivity index (χ1v) is 10.4. The smallest absolute Gasteiger partial charge is 0.316 e. The van der Waals surface area contributed by atoms with E-state index in [1.165, 1.54) is 27.8 Å². The fraction of sp³-hybridized carbons (Fsp3) is 0.174. The highest BCUT2D eigenvalue weighted by Gasteiger charge is 2.09. The summed E-state index contributed by atoms with van der Waals surface area (Å²) >= 11 is 0. The number of aliphatic carboxylic acids is 1. The highest BCUT2D eigenvalue weighted by Crippen LogP contribution is 2.27. The van der Waals surface area contributed by atoms with Gasteiger partial charge in [-0.25, -0.2) is 0 Å². The van der Waals surface area contributed by atoms with Gasteiger partial charge in [0.15, 0.2) is 0 Å². The predicted octanol–water partition coefficient (Wildman–Crippen LogP) is 4.77. The molecule has 0 bridgehead atoms. The number of carbonyl (C=O) groups is 1. The van der Waals surface area contributed by atoms with Crippen LogP contribution in [0.4, 0.5) is 5.69 Å². The third-order valence-corrected chi connectivity index (χ3v) is 5.91. The largest absolute Gasteiger partial charge is 0.481 e. The van der Waals surface area contributed by atoms with Crippen LogP contribution in [-0.2, 0) is 22.1 Å². The van der Waals surface area contributed by atoms with Crippen LogP contribution in [0, 0.1) is 13.8 Å². The minimum absolute atomic E-state index is 0.377. The van der Waals surface area contributed by atoms with E-state index in [4.69, 9.17) is 5.11 Å². The number of rotatable bonds is 7. The summed E-state index contributed by atoms with van der Waals surface area (Å²) in [5.74, 6) is -1.44. The van der Waals surface area contributed by atoms with Crippen LogP contribution in [0.2, 0.25) is 0 Å². The molecule has 28 heavy (non-hydrogen) atoms. The summed E-state index contributed by atoms with van der Waals surface area (Å²) < 4.78 is 11.9. The van der Waals surface area contributed by atoms with E-state index in [-0.39, 0.29) is 5.75 Å². The highest BCUT2D eigenvalue weighted by molar-refractivity contribution is 7.85. The average Bonchev–Trinajstić information content (AvgIpc) is 2.68. The molecule has 0 amide bonds. The van der Waals surface area contributed by atoms with Gasteiger partial charge in [0.2, 0.25) is 0 Å². The Morgan fingerprint density at radius 1 is 0.929 bits per heavy atom. The van der Waals surface area contributed by atoms with E-state index in [9.17, 15) is 9.00 Å². The molecule has 0 radical (unpaired) electrons. The van der Waals surface area contributed by atoms with Gasteiger partial charge in [-0.15, -0.1) is 0 Å². The molecule has 1 atom stereocenters. The van der Waals surface area contributed by atoms with Crippen molar-refractivity contribution >= 4 is 22.5 Å². The van der Waals surface area contributed by atoms with Crippen molar-refractivity contribution < 1.29 is 14.1 Å². The Kier molecular flexibility index (Phi) is 6.26. The second-order valence-electron chi connectivity index (χ2n) is 6.73. The molecule has 0 saturated heterocycles. The number of aryl methyl sites for hydroxylation is 2. The number of anilines is 1. The van der Waals surface area contributed by atoms with Crippen LogP contribution in [-0.4, -0.2) is 21.0 Å². The van der Waals surface area contributed by atoms with Crippen LogP contribution in [0.5, 0.6) is 0 Å². The van der Waals surface area contributed by atoms with Crippen molar-refractivity contribution in [3.8, 4) is 11.1 Å². The molecular weight excluding hydrogens is 370 g/mol. The summed E-state index contributed by atoms with van der Waals surface area (Å²) in [4.78, 5) is 11.2. The second kappa shape index (κ2) is 8.85. The van der Waals surface area contributed by atoms with E-state index < -0.39 is 16.8 Å². The highest BCUT2D eigenvalue weighted by atomic mass is 32.2. The van der Waals surface area contributed by atoms with Gasteiger partial charge in [0.25, 0.3) is 0 Å². The number of benzene rings is 3. The summed E-state index contributed by atoms with van der Waals surface area (Å²) in [5.41, 5.74) is 7.03. The molecule has 2 N–H and O–H groups in total. The first kappa shape index (κ1) is 19.8. The maximum absolute atomic E-state index is 11.9. The quantitative estimate of drug-likeness (QED) is 0.606. The lowest BCUT2D eigenvalue weighted by Gasteiger charge is -2.13. The zero-order chi connectivity index (χ0) is 20.1. The van der Waals surface area contributed by atoms with Gasteiger partial charge < -0.3 is 10.4 Å². The number of hydrogen-bond donors (Lipinski definition) is 2. The molecule has 4 nitrogen and oxygen atoms in total. The van der Waals surface area contributed by atoms with Crippen molar-refractivity contribution in [2.75, 3.05) is 11.1 Å². The Morgan fingerprint density at radius 3 is 2.29 bits per heavy atom. The third kappa shape index (κ3) is 4.87. The topological polar surface area (TPSA) is 66.4 Å². The van der Waals surface area contributed by atoms with Crippen LogP contribution in [0.3, 0.4) is 0 Å². The van der Waals surface area contributed by atoms with Gasteiger partial charge in [0.1, 0.15) is 5.75 Å². The van der Waals surface area contributed by atoms with Crippen molar-refractivity contribution in [2.24, 2.45) is 0 Å². The summed E-state index contributed by atoms with van der Waals surface area (Å²) in [6.07, 6.45) is 0. The lowest BCUT2D eigenvalue weighted by Crippen LogP contribution is -2.09. The van der Waals surface area contributed by atoms with E-state index in [1.54, 1.807) is 12.1 Å². The standard InChI is InChI=1S/C23H23NO3S/c1-16-5-3-4-6-21(16)22-13-18(8-7-17(22)2)14-24-19-9-11-20(12-10-19)28(27)15-23(25)26/h3-13,24H,14-15H2,1-2H3,(H,25,26). The SMILES string of the molecule is Cc1ccccc1-c1cc(CNc2ccc(S(=O)CC(=O)O)cc2)ccc1C. The van der Waals surface area contributed by atoms with E-state index in [0.717, 1.165) is 5.69 Å². The van der Waals surface area contributed by atoms with Gasteiger partial charge in [0, 0.05) is 17.1 Å². The number of carboxylic acid groups (broad SMARTS) is 1. The summed E-state index contributed by atoms with van der Waals surface area (Å²) in [6.45, 7) is 4.90. The maximum Gasteiger partial charge on any atom is 0.316 e. The Balaban J connectivity index is 1.71. The molecular formula is C23H23NO3S. The van der Waals surface area contributed by atoms with Crippen molar-refractivity contribution in [1.29, 1.82) is 0 Å². The van der Waals surface area contributed by atoms with Crippen LogP contribution in [0.15, 0.2) is 71.6 Å². The van der Waals surface area contributed by atoms with Crippen molar-refractivity contribution in [3.63, 3.8) is 0 Å². The van der Waals surface area contributed by atoms with E-state index in [0.29, 0.717) is 11.4 Å². The van der Waals surface area contributed by atoms with E-state index >= 15 is 0 Å². The predicted molar refractivity (Wildman–Crippen MR) is 114 cm³/mol. The minimum Gasteiger partial charge on any atom is -0.481 e. The molecule has 0 aliphatic carbocycles. The number of carboxylic acids is 1. The first-order valence-electron chi connectivity index (χ1n) is 9.03. The van der Waals surface area contributed by atoms with Gasteiger partial charge in [0.05, 0.1) is 10.8 Å². The summed E-state index contributed by atoms with van der Waals surface area (Å²) in [7, 11) is -1.52.